The van der Waals surface area contributed by atoms with Gasteiger partial charge in [0.1, 0.15) is 17.3 Å². The van der Waals surface area contributed by atoms with E-state index in [9.17, 15) is 14.9 Å². The molecule has 2 aromatic rings. The van der Waals surface area contributed by atoms with Crippen LogP contribution in [-0.2, 0) is 16.1 Å². The van der Waals surface area contributed by atoms with Crippen LogP contribution in [0.4, 0.5) is 5.88 Å². The summed E-state index contributed by atoms with van der Waals surface area (Å²) in [6, 6.07) is 9.97. The summed E-state index contributed by atoms with van der Waals surface area (Å²) in [7, 11) is 0. The monoisotopic (exact) mass is 351 g/mol. The van der Waals surface area contributed by atoms with Gasteiger partial charge < -0.3 is 9.15 Å². The smallest absolute Gasteiger partial charge is 0.433 e. The fourth-order valence-corrected chi connectivity index (χ4v) is 1.73. The molecule has 0 saturated carbocycles. The average Bonchev–Trinajstić information content (AvgIpc) is 2.93. The molecule has 0 radical (unpaired) electrons. The van der Waals surface area contributed by atoms with Crippen LogP contribution in [0.3, 0.4) is 0 Å². The number of carbonyl (C=O) groups is 1. The molecule has 21 heavy (non-hydrogen) atoms. The molecule has 2 rings (SSSR count). The summed E-state index contributed by atoms with van der Waals surface area (Å²) in [6.07, 6.45) is 2.47. The Morgan fingerprint density at radius 3 is 2.62 bits per heavy atom. The van der Waals surface area contributed by atoms with Gasteiger partial charge in [-0.25, -0.2) is 4.79 Å². The van der Waals surface area contributed by atoms with E-state index < -0.39 is 10.9 Å². The number of benzene rings is 1. The quantitative estimate of drug-likeness (QED) is 0.355. The maximum atomic E-state index is 11.5. The normalized spacial score (nSPS) is 10.7. The Morgan fingerprint density at radius 1 is 1.29 bits per heavy atom. The Balaban J connectivity index is 1.87. The molecule has 0 bridgehead atoms. The molecule has 1 aromatic carbocycles. The van der Waals surface area contributed by atoms with E-state index in [1.54, 1.807) is 0 Å². The van der Waals surface area contributed by atoms with E-state index in [2.05, 4.69) is 15.9 Å². The highest BCUT2D eigenvalue weighted by atomic mass is 79.9. The van der Waals surface area contributed by atoms with Crippen molar-refractivity contribution in [2.75, 3.05) is 0 Å². The summed E-state index contributed by atoms with van der Waals surface area (Å²) in [6.45, 7) is 0.148. The second-order valence-corrected chi connectivity index (χ2v) is 4.92. The standard InChI is InChI=1S/C14H10BrNO5/c15-11-3-1-10(2-4-11)9-20-14(17)8-6-12-5-7-13(21-12)16(18)19/h1-8H,9H2/b8-6+. The van der Waals surface area contributed by atoms with E-state index in [0.717, 1.165) is 16.1 Å². The van der Waals surface area contributed by atoms with Gasteiger partial charge in [0.25, 0.3) is 0 Å². The number of carbonyl (C=O) groups excluding carboxylic acids is 1. The summed E-state index contributed by atoms with van der Waals surface area (Å²) >= 11 is 3.31. The van der Waals surface area contributed by atoms with Gasteiger partial charge in [0, 0.05) is 10.5 Å². The highest BCUT2D eigenvalue weighted by molar-refractivity contribution is 9.10. The number of ether oxygens (including phenoxy) is 1. The third-order valence-corrected chi connectivity index (χ3v) is 3.00. The number of hydrogen-bond donors (Lipinski definition) is 0. The summed E-state index contributed by atoms with van der Waals surface area (Å²) in [5, 5.41) is 10.4. The van der Waals surface area contributed by atoms with Crippen molar-refractivity contribution < 1.29 is 18.9 Å². The number of nitrogens with zero attached hydrogens (tertiary/aromatic N) is 1. The molecule has 7 heteroatoms. The lowest BCUT2D eigenvalue weighted by Crippen LogP contribution is -2.00. The number of furan rings is 1. The summed E-state index contributed by atoms with van der Waals surface area (Å²) in [5.74, 6) is -0.725. The lowest BCUT2D eigenvalue weighted by Gasteiger charge is -2.01. The van der Waals surface area contributed by atoms with Gasteiger partial charge in [-0.1, -0.05) is 28.1 Å². The molecule has 0 aliphatic rings. The Hall–Kier alpha value is -2.41. The van der Waals surface area contributed by atoms with Crippen LogP contribution in [0.5, 0.6) is 0 Å². The fraction of sp³-hybridized carbons (Fsp3) is 0.0714. The highest BCUT2D eigenvalue weighted by Gasteiger charge is 2.10. The van der Waals surface area contributed by atoms with Crippen molar-refractivity contribution in [1.29, 1.82) is 0 Å². The maximum Gasteiger partial charge on any atom is 0.433 e. The van der Waals surface area contributed by atoms with E-state index in [-0.39, 0.29) is 18.3 Å². The van der Waals surface area contributed by atoms with Gasteiger partial charge in [-0.05, 0) is 29.8 Å². The maximum absolute atomic E-state index is 11.5. The molecular weight excluding hydrogens is 342 g/mol. The molecule has 0 unspecified atom stereocenters. The number of hydrogen-bond acceptors (Lipinski definition) is 5. The molecule has 0 fully saturated rings. The molecule has 0 spiro atoms. The summed E-state index contributed by atoms with van der Waals surface area (Å²) in [5.41, 5.74) is 0.855. The molecule has 0 aliphatic carbocycles. The van der Waals surface area contributed by atoms with Crippen molar-refractivity contribution in [3.8, 4) is 0 Å². The molecule has 0 aliphatic heterocycles. The van der Waals surface area contributed by atoms with Crippen LogP contribution >= 0.6 is 15.9 Å². The van der Waals surface area contributed by atoms with E-state index >= 15 is 0 Å². The van der Waals surface area contributed by atoms with Crippen LogP contribution in [0.1, 0.15) is 11.3 Å². The van der Waals surface area contributed by atoms with E-state index in [1.165, 1.54) is 18.2 Å². The zero-order valence-corrected chi connectivity index (χ0v) is 12.3. The molecule has 1 heterocycles. The van der Waals surface area contributed by atoms with Gasteiger partial charge in [-0.3, -0.25) is 10.1 Å². The first kappa shape index (κ1) is 15.0. The van der Waals surface area contributed by atoms with Crippen molar-refractivity contribution in [3.05, 3.63) is 68.4 Å². The van der Waals surface area contributed by atoms with Gasteiger partial charge in [-0.15, -0.1) is 0 Å². The lowest BCUT2D eigenvalue weighted by atomic mass is 10.2. The predicted octanol–water partition coefficient (Wildman–Crippen LogP) is 3.71. The fourth-order valence-electron chi connectivity index (χ4n) is 1.46. The Kier molecular flexibility index (Phi) is 4.89. The third kappa shape index (κ3) is 4.57. The van der Waals surface area contributed by atoms with Crippen molar-refractivity contribution in [3.63, 3.8) is 0 Å². The largest absolute Gasteiger partial charge is 0.458 e. The van der Waals surface area contributed by atoms with Crippen LogP contribution in [0.25, 0.3) is 6.08 Å². The average molecular weight is 352 g/mol. The SMILES string of the molecule is O=C(/C=C/c1ccc([N+](=O)[O-])o1)OCc1ccc(Br)cc1. The first-order valence-electron chi connectivity index (χ1n) is 5.88. The highest BCUT2D eigenvalue weighted by Crippen LogP contribution is 2.16. The number of esters is 1. The van der Waals surface area contributed by atoms with Crippen molar-refractivity contribution >= 4 is 33.9 Å². The number of nitro groups is 1. The summed E-state index contributed by atoms with van der Waals surface area (Å²) in [4.78, 5) is 21.3. The van der Waals surface area contributed by atoms with Crippen LogP contribution in [0.15, 0.2) is 51.4 Å². The molecule has 108 valence electrons. The van der Waals surface area contributed by atoms with Crippen molar-refractivity contribution in [2.24, 2.45) is 0 Å². The second-order valence-electron chi connectivity index (χ2n) is 4.00. The Bertz CT molecular complexity index is 675. The first-order valence-corrected chi connectivity index (χ1v) is 6.67. The number of halogens is 1. The van der Waals surface area contributed by atoms with Crippen LogP contribution in [0.2, 0.25) is 0 Å². The predicted molar refractivity (Wildman–Crippen MR) is 78.3 cm³/mol. The van der Waals surface area contributed by atoms with E-state index in [4.69, 9.17) is 9.15 Å². The molecule has 0 amide bonds. The van der Waals surface area contributed by atoms with Crippen LogP contribution in [0, 0.1) is 10.1 Å². The van der Waals surface area contributed by atoms with Crippen LogP contribution < -0.4 is 0 Å². The molecule has 0 N–H and O–H groups in total. The molecular formula is C14H10BrNO5. The zero-order valence-electron chi connectivity index (χ0n) is 10.7. The van der Waals surface area contributed by atoms with Gasteiger partial charge in [0.2, 0.25) is 0 Å². The van der Waals surface area contributed by atoms with Gasteiger partial charge in [0.05, 0.1) is 6.07 Å². The van der Waals surface area contributed by atoms with E-state index in [1.807, 2.05) is 24.3 Å². The van der Waals surface area contributed by atoms with Crippen molar-refractivity contribution in [2.45, 2.75) is 6.61 Å². The summed E-state index contributed by atoms with van der Waals surface area (Å²) < 4.78 is 10.8. The van der Waals surface area contributed by atoms with Gasteiger partial charge in [0.15, 0.2) is 0 Å². The van der Waals surface area contributed by atoms with Crippen molar-refractivity contribution in [1.82, 2.24) is 0 Å². The van der Waals surface area contributed by atoms with E-state index in [0.29, 0.717) is 0 Å². The Morgan fingerprint density at radius 2 is 2.00 bits per heavy atom. The minimum Gasteiger partial charge on any atom is -0.458 e. The second kappa shape index (κ2) is 6.85. The zero-order chi connectivity index (χ0) is 15.2. The van der Waals surface area contributed by atoms with Crippen LogP contribution in [-0.4, -0.2) is 10.9 Å². The molecule has 0 saturated heterocycles. The molecule has 0 atom stereocenters. The van der Waals surface area contributed by atoms with Gasteiger partial charge >= 0.3 is 11.9 Å². The Labute approximate surface area is 128 Å². The molecule has 6 nitrogen and oxygen atoms in total. The molecule has 1 aromatic heterocycles. The topological polar surface area (TPSA) is 82.6 Å². The first-order chi connectivity index (χ1) is 10.0. The minimum absolute atomic E-state index is 0.148. The third-order valence-electron chi connectivity index (χ3n) is 2.47. The number of rotatable bonds is 5. The van der Waals surface area contributed by atoms with Gasteiger partial charge in [-0.2, -0.15) is 0 Å². The lowest BCUT2D eigenvalue weighted by molar-refractivity contribution is -0.402. The minimum atomic E-state index is -0.650.